The van der Waals surface area contributed by atoms with Crippen LogP contribution in [0.1, 0.15) is 15.9 Å². The number of nitrogens with zero attached hydrogens (tertiary/aromatic N) is 1. The predicted octanol–water partition coefficient (Wildman–Crippen LogP) is 3.63. The normalized spacial score (nSPS) is 11.3. The molecule has 2 aromatic carbocycles. The van der Waals surface area contributed by atoms with Gasteiger partial charge in [-0.3, -0.25) is 9.59 Å². The predicted molar refractivity (Wildman–Crippen MR) is 88.2 cm³/mol. The van der Waals surface area contributed by atoms with Crippen LogP contribution in [-0.2, 0) is 11.3 Å². The van der Waals surface area contributed by atoms with Crippen molar-refractivity contribution in [1.29, 1.82) is 5.26 Å². The standard InChI is InChI=1S/C17H12Cl2N2O2/c18-13-6-12(7-14(19)8-13)16(22)15(9-20)17(23)21-10-11-4-2-1-3-5-11/h1-8,15H,10H2,(H,21,23)/t15-/m0/s1. The quantitative estimate of drug-likeness (QED) is 0.663. The SMILES string of the molecule is N#C[C@H](C(=O)NCc1ccccc1)C(=O)c1cc(Cl)cc(Cl)c1. The van der Waals surface area contributed by atoms with E-state index < -0.39 is 17.6 Å². The molecule has 0 aliphatic rings. The van der Waals surface area contributed by atoms with E-state index in [1.54, 1.807) is 6.07 Å². The number of halogens is 2. The Kier molecular flexibility index (Phi) is 5.75. The zero-order valence-electron chi connectivity index (χ0n) is 11.9. The van der Waals surface area contributed by atoms with Crippen LogP contribution in [0.15, 0.2) is 48.5 Å². The Balaban J connectivity index is 2.10. The second-order valence-corrected chi connectivity index (χ2v) is 5.66. The molecule has 0 bridgehead atoms. The van der Waals surface area contributed by atoms with Gasteiger partial charge in [0.2, 0.25) is 5.91 Å². The summed E-state index contributed by atoms with van der Waals surface area (Å²) < 4.78 is 0. The molecule has 1 amide bonds. The van der Waals surface area contributed by atoms with Gasteiger partial charge in [0.05, 0.1) is 6.07 Å². The van der Waals surface area contributed by atoms with Gasteiger partial charge in [0, 0.05) is 22.2 Å². The molecule has 0 fully saturated rings. The van der Waals surface area contributed by atoms with Crippen LogP contribution in [0.3, 0.4) is 0 Å². The first kappa shape index (κ1) is 17.0. The number of ketones is 1. The average Bonchev–Trinajstić information content (AvgIpc) is 2.53. The summed E-state index contributed by atoms with van der Waals surface area (Å²) >= 11 is 11.7. The number of hydrogen-bond acceptors (Lipinski definition) is 3. The number of amides is 1. The summed E-state index contributed by atoms with van der Waals surface area (Å²) in [5.74, 6) is -2.74. The molecule has 0 heterocycles. The van der Waals surface area contributed by atoms with E-state index in [1.165, 1.54) is 18.2 Å². The van der Waals surface area contributed by atoms with Crippen molar-refractivity contribution in [2.24, 2.45) is 5.92 Å². The molecule has 4 nitrogen and oxygen atoms in total. The first-order valence-corrected chi connectivity index (χ1v) is 7.48. The molecule has 1 N–H and O–H groups in total. The highest BCUT2D eigenvalue weighted by Gasteiger charge is 2.27. The van der Waals surface area contributed by atoms with Crippen molar-refractivity contribution >= 4 is 34.9 Å². The number of carbonyl (C=O) groups is 2. The molecule has 0 aliphatic carbocycles. The Labute approximate surface area is 143 Å². The first-order valence-electron chi connectivity index (χ1n) is 6.73. The molecule has 0 aromatic heterocycles. The van der Waals surface area contributed by atoms with Gasteiger partial charge in [-0.25, -0.2) is 0 Å². The monoisotopic (exact) mass is 346 g/mol. The van der Waals surface area contributed by atoms with Gasteiger partial charge in [-0.05, 0) is 23.8 Å². The van der Waals surface area contributed by atoms with Gasteiger partial charge < -0.3 is 5.32 Å². The van der Waals surface area contributed by atoms with Gasteiger partial charge in [0.1, 0.15) is 0 Å². The van der Waals surface area contributed by atoms with E-state index in [1.807, 2.05) is 30.3 Å². The molecule has 0 saturated carbocycles. The van der Waals surface area contributed by atoms with Gasteiger partial charge in [-0.1, -0.05) is 53.5 Å². The summed E-state index contributed by atoms with van der Waals surface area (Å²) in [5.41, 5.74) is 1.000. The highest BCUT2D eigenvalue weighted by molar-refractivity contribution is 6.35. The van der Waals surface area contributed by atoms with E-state index in [4.69, 9.17) is 28.5 Å². The van der Waals surface area contributed by atoms with Crippen molar-refractivity contribution in [3.8, 4) is 6.07 Å². The highest BCUT2D eigenvalue weighted by atomic mass is 35.5. The second kappa shape index (κ2) is 7.77. The molecule has 2 aromatic rings. The summed E-state index contributed by atoms with van der Waals surface area (Å²) in [7, 11) is 0. The lowest BCUT2D eigenvalue weighted by molar-refractivity contribution is -0.122. The van der Waals surface area contributed by atoms with Crippen molar-refractivity contribution in [2.45, 2.75) is 6.54 Å². The first-order chi connectivity index (χ1) is 11.0. The van der Waals surface area contributed by atoms with Gasteiger partial charge in [0.25, 0.3) is 0 Å². The molecule has 2 rings (SSSR count). The molecule has 6 heteroatoms. The number of rotatable bonds is 5. The van der Waals surface area contributed by atoms with E-state index in [-0.39, 0.29) is 22.2 Å². The molecule has 0 radical (unpaired) electrons. The minimum atomic E-state index is -1.45. The van der Waals surface area contributed by atoms with Crippen LogP contribution >= 0.6 is 23.2 Å². The summed E-state index contributed by atoms with van der Waals surface area (Å²) in [6, 6.07) is 15.2. The molecule has 116 valence electrons. The molecule has 0 saturated heterocycles. The van der Waals surface area contributed by atoms with Crippen LogP contribution in [0, 0.1) is 17.2 Å². The Morgan fingerprint density at radius 3 is 2.26 bits per heavy atom. The lowest BCUT2D eigenvalue weighted by Gasteiger charge is -2.10. The maximum absolute atomic E-state index is 12.3. The lowest BCUT2D eigenvalue weighted by Crippen LogP contribution is -2.34. The Morgan fingerprint density at radius 2 is 1.70 bits per heavy atom. The molecule has 23 heavy (non-hydrogen) atoms. The molecule has 0 aliphatic heterocycles. The van der Waals surface area contributed by atoms with Gasteiger partial charge in [0.15, 0.2) is 11.7 Å². The van der Waals surface area contributed by atoms with Gasteiger partial charge in [-0.15, -0.1) is 0 Å². The fourth-order valence-corrected chi connectivity index (χ4v) is 2.51. The maximum atomic E-state index is 12.3. The number of hydrogen-bond donors (Lipinski definition) is 1. The third kappa shape index (κ3) is 4.56. The third-order valence-corrected chi connectivity index (χ3v) is 3.55. The number of Topliss-reactive ketones (excluding diaryl/α,β-unsaturated/α-hetero) is 1. The summed E-state index contributed by atoms with van der Waals surface area (Å²) in [5, 5.41) is 12.3. The average molecular weight is 347 g/mol. The van der Waals surface area contributed by atoms with E-state index in [2.05, 4.69) is 5.32 Å². The van der Waals surface area contributed by atoms with Crippen LogP contribution in [0.25, 0.3) is 0 Å². The number of benzene rings is 2. The van der Waals surface area contributed by atoms with Crippen molar-refractivity contribution in [2.75, 3.05) is 0 Å². The Morgan fingerprint density at radius 1 is 1.09 bits per heavy atom. The summed E-state index contributed by atoms with van der Waals surface area (Å²) in [4.78, 5) is 24.4. The largest absolute Gasteiger partial charge is 0.350 e. The molecule has 1 atom stereocenters. The second-order valence-electron chi connectivity index (χ2n) is 4.79. The zero-order chi connectivity index (χ0) is 16.8. The number of nitriles is 1. The van der Waals surface area contributed by atoms with E-state index >= 15 is 0 Å². The van der Waals surface area contributed by atoms with Crippen LogP contribution in [0.5, 0.6) is 0 Å². The number of nitrogens with one attached hydrogen (secondary N) is 1. The van der Waals surface area contributed by atoms with Crippen LogP contribution in [-0.4, -0.2) is 11.7 Å². The van der Waals surface area contributed by atoms with Gasteiger partial charge in [-0.2, -0.15) is 5.26 Å². The minimum Gasteiger partial charge on any atom is -0.350 e. The number of carbonyl (C=O) groups excluding carboxylic acids is 2. The fraction of sp³-hybridized carbons (Fsp3) is 0.118. The molecule has 0 spiro atoms. The van der Waals surface area contributed by atoms with E-state index in [9.17, 15) is 9.59 Å². The molecule has 0 unspecified atom stereocenters. The Hall–Kier alpha value is -2.35. The van der Waals surface area contributed by atoms with Crippen molar-refractivity contribution < 1.29 is 9.59 Å². The van der Waals surface area contributed by atoms with Crippen molar-refractivity contribution in [1.82, 2.24) is 5.32 Å². The summed E-state index contributed by atoms with van der Waals surface area (Å²) in [6.45, 7) is 0.238. The zero-order valence-corrected chi connectivity index (χ0v) is 13.4. The van der Waals surface area contributed by atoms with Crippen LogP contribution in [0.4, 0.5) is 0 Å². The lowest BCUT2D eigenvalue weighted by atomic mass is 9.98. The molecular formula is C17H12Cl2N2O2. The minimum absolute atomic E-state index is 0.129. The topological polar surface area (TPSA) is 70.0 Å². The van der Waals surface area contributed by atoms with Crippen molar-refractivity contribution in [3.63, 3.8) is 0 Å². The van der Waals surface area contributed by atoms with Crippen molar-refractivity contribution in [3.05, 3.63) is 69.7 Å². The van der Waals surface area contributed by atoms with Crippen LogP contribution in [0.2, 0.25) is 10.0 Å². The summed E-state index contributed by atoms with van der Waals surface area (Å²) in [6.07, 6.45) is 0. The fourth-order valence-electron chi connectivity index (χ4n) is 1.99. The smallest absolute Gasteiger partial charge is 0.245 e. The van der Waals surface area contributed by atoms with Gasteiger partial charge >= 0.3 is 0 Å². The maximum Gasteiger partial charge on any atom is 0.245 e. The van der Waals surface area contributed by atoms with E-state index in [0.717, 1.165) is 5.56 Å². The third-order valence-electron chi connectivity index (χ3n) is 3.11. The highest BCUT2D eigenvalue weighted by Crippen LogP contribution is 2.21. The molecular weight excluding hydrogens is 335 g/mol. The Bertz CT molecular complexity index is 750. The van der Waals surface area contributed by atoms with E-state index in [0.29, 0.717) is 0 Å². The van der Waals surface area contributed by atoms with Crippen LogP contribution < -0.4 is 5.32 Å².